The quantitative estimate of drug-likeness (QED) is 0.545. The molecule has 0 amide bonds. The highest BCUT2D eigenvalue weighted by molar-refractivity contribution is 9.09. The number of hydrogen-bond acceptors (Lipinski definition) is 0. The molecule has 0 radical (unpaired) electrons. The van der Waals surface area contributed by atoms with Crippen molar-refractivity contribution in [1.82, 2.24) is 0 Å². The van der Waals surface area contributed by atoms with Gasteiger partial charge in [-0.3, -0.25) is 0 Å². The van der Waals surface area contributed by atoms with Gasteiger partial charge in [-0.2, -0.15) is 0 Å². The van der Waals surface area contributed by atoms with E-state index < -0.39 is 8.07 Å². The molecule has 0 saturated heterocycles. The highest BCUT2D eigenvalue weighted by atomic mass is 79.9. The van der Waals surface area contributed by atoms with E-state index in [1.54, 1.807) is 12.1 Å². The molecule has 0 saturated carbocycles. The molecule has 90 valence electrons. The van der Waals surface area contributed by atoms with Gasteiger partial charge < -0.3 is 0 Å². The first-order valence-corrected chi connectivity index (χ1v) is 10.5. The van der Waals surface area contributed by atoms with Crippen molar-refractivity contribution in [3.8, 4) is 0 Å². The van der Waals surface area contributed by atoms with Crippen molar-refractivity contribution in [2.45, 2.75) is 32.1 Å². The van der Waals surface area contributed by atoms with Crippen LogP contribution < -0.4 is 0 Å². The van der Waals surface area contributed by atoms with E-state index >= 15 is 0 Å². The van der Waals surface area contributed by atoms with Gasteiger partial charge in [0.05, 0.1) is 0 Å². The van der Waals surface area contributed by atoms with Crippen molar-refractivity contribution >= 4 is 24.0 Å². The molecule has 16 heavy (non-hydrogen) atoms. The molecule has 0 heterocycles. The van der Waals surface area contributed by atoms with E-state index in [4.69, 9.17) is 0 Å². The van der Waals surface area contributed by atoms with Crippen LogP contribution in [0, 0.1) is 11.7 Å². The molecule has 1 aromatic rings. The zero-order chi connectivity index (χ0) is 12.2. The summed E-state index contributed by atoms with van der Waals surface area (Å²) in [5.41, 5.74) is 1.11. The summed E-state index contributed by atoms with van der Waals surface area (Å²) in [6, 6.07) is 8.26. The SMILES string of the molecule is C[Si](C)(C)CC(CBr)Cc1cccc(F)c1. The number of rotatable bonds is 5. The van der Waals surface area contributed by atoms with Crippen LogP contribution >= 0.6 is 15.9 Å². The Morgan fingerprint density at radius 1 is 1.31 bits per heavy atom. The second kappa shape index (κ2) is 5.96. The molecule has 1 aromatic carbocycles. The molecule has 0 nitrogen and oxygen atoms in total. The summed E-state index contributed by atoms with van der Waals surface area (Å²) >= 11 is 3.57. The summed E-state index contributed by atoms with van der Waals surface area (Å²) in [5, 5.41) is 1.01. The monoisotopic (exact) mass is 302 g/mol. The highest BCUT2D eigenvalue weighted by Gasteiger charge is 2.20. The van der Waals surface area contributed by atoms with Gasteiger partial charge in [-0.1, -0.05) is 53.7 Å². The van der Waals surface area contributed by atoms with Crippen LogP contribution in [-0.2, 0) is 6.42 Å². The molecular weight excluding hydrogens is 283 g/mol. The lowest BCUT2D eigenvalue weighted by Crippen LogP contribution is -2.25. The molecule has 0 aliphatic heterocycles. The molecule has 3 heteroatoms. The van der Waals surface area contributed by atoms with Crippen LogP contribution in [0.15, 0.2) is 24.3 Å². The van der Waals surface area contributed by atoms with Crippen LogP contribution in [-0.4, -0.2) is 13.4 Å². The first-order chi connectivity index (χ1) is 7.40. The zero-order valence-corrected chi connectivity index (χ0v) is 12.8. The number of hydrogen-bond donors (Lipinski definition) is 0. The van der Waals surface area contributed by atoms with Gasteiger partial charge in [-0.15, -0.1) is 0 Å². The molecular formula is C13H20BrFSi. The Bertz CT molecular complexity index is 333. The molecule has 0 N–H and O–H groups in total. The molecule has 0 fully saturated rings. The smallest absolute Gasteiger partial charge is 0.123 e. The largest absolute Gasteiger partial charge is 0.207 e. The third-order valence-electron chi connectivity index (χ3n) is 2.53. The molecule has 0 spiro atoms. The Morgan fingerprint density at radius 3 is 2.50 bits per heavy atom. The fourth-order valence-corrected chi connectivity index (χ4v) is 4.95. The maximum Gasteiger partial charge on any atom is 0.123 e. The fraction of sp³-hybridized carbons (Fsp3) is 0.538. The van der Waals surface area contributed by atoms with Crippen molar-refractivity contribution in [3.63, 3.8) is 0 Å². The summed E-state index contributed by atoms with van der Waals surface area (Å²) in [6.07, 6.45) is 0.979. The predicted octanol–water partition coefficient (Wildman–Crippen LogP) is 4.72. The lowest BCUT2D eigenvalue weighted by Gasteiger charge is -2.23. The van der Waals surface area contributed by atoms with Crippen molar-refractivity contribution in [1.29, 1.82) is 0 Å². The van der Waals surface area contributed by atoms with Gasteiger partial charge in [-0.05, 0) is 30.0 Å². The van der Waals surface area contributed by atoms with Gasteiger partial charge in [0.1, 0.15) is 5.82 Å². The Balaban J connectivity index is 2.63. The van der Waals surface area contributed by atoms with Crippen molar-refractivity contribution < 1.29 is 4.39 Å². The number of benzene rings is 1. The fourth-order valence-electron chi connectivity index (χ4n) is 2.04. The molecule has 0 aliphatic carbocycles. The average Bonchev–Trinajstić information content (AvgIpc) is 2.14. The van der Waals surface area contributed by atoms with Crippen LogP contribution in [0.25, 0.3) is 0 Å². The number of halogens is 2. The van der Waals surface area contributed by atoms with Crippen molar-refractivity contribution in [3.05, 3.63) is 35.6 Å². The standard InChI is InChI=1S/C13H20BrFSi/c1-16(2,3)10-12(9-14)7-11-5-4-6-13(15)8-11/h4-6,8,12H,7,9-10H2,1-3H3. The Hall–Kier alpha value is -0.153. The van der Waals surface area contributed by atoms with Crippen LogP contribution in [0.3, 0.4) is 0 Å². The molecule has 1 unspecified atom stereocenters. The van der Waals surface area contributed by atoms with Gasteiger partial charge in [0.15, 0.2) is 0 Å². The van der Waals surface area contributed by atoms with Crippen LogP contribution in [0.5, 0.6) is 0 Å². The summed E-state index contributed by atoms with van der Waals surface area (Å²) in [5.74, 6) is 0.507. The Labute approximate surface area is 107 Å². The third-order valence-corrected chi connectivity index (χ3v) is 5.25. The molecule has 0 aromatic heterocycles. The zero-order valence-electron chi connectivity index (χ0n) is 10.3. The number of alkyl halides is 1. The summed E-state index contributed by atoms with van der Waals surface area (Å²) in [7, 11) is -1.03. The third kappa shape index (κ3) is 5.26. The van der Waals surface area contributed by atoms with E-state index in [0.29, 0.717) is 5.92 Å². The van der Waals surface area contributed by atoms with Gasteiger partial charge in [0.25, 0.3) is 0 Å². The van der Waals surface area contributed by atoms with Crippen molar-refractivity contribution in [2.75, 3.05) is 5.33 Å². The normalized spacial score (nSPS) is 13.8. The summed E-state index contributed by atoms with van der Waals surface area (Å²) in [4.78, 5) is 0. The van der Waals surface area contributed by atoms with Gasteiger partial charge in [0, 0.05) is 13.4 Å². The molecule has 1 atom stereocenters. The minimum Gasteiger partial charge on any atom is -0.207 e. The van der Waals surface area contributed by atoms with Gasteiger partial charge >= 0.3 is 0 Å². The summed E-state index contributed by atoms with van der Waals surface area (Å²) < 4.78 is 13.1. The lowest BCUT2D eigenvalue weighted by molar-refractivity contribution is 0.614. The first-order valence-electron chi connectivity index (χ1n) is 5.71. The van der Waals surface area contributed by atoms with Crippen LogP contribution in [0.2, 0.25) is 25.7 Å². The van der Waals surface area contributed by atoms with E-state index in [1.807, 2.05) is 6.07 Å². The molecule has 0 aliphatic rings. The minimum absolute atomic E-state index is 0.126. The molecule has 0 bridgehead atoms. The van der Waals surface area contributed by atoms with Gasteiger partial charge in [0.2, 0.25) is 0 Å². The molecule has 1 rings (SSSR count). The average molecular weight is 303 g/mol. The van der Waals surface area contributed by atoms with E-state index in [2.05, 4.69) is 35.6 Å². The van der Waals surface area contributed by atoms with Gasteiger partial charge in [-0.25, -0.2) is 4.39 Å². The first kappa shape index (κ1) is 13.9. The maximum absolute atomic E-state index is 13.1. The Morgan fingerprint density at radius 2 is 2.00 bits per heavy atom. The van der Waals surface area contributed by atoms with Crippen molar-refractivity contribution in [2.24, 2.45) is 5.92 Å². The topological polar surface area (TPSA) is 0 Å². The van der Waals surface area contributed by atoms with E-state index in [0.717, 1.165) is 17.3 Å². The lowest BCUT2D eigenvalue weighted by atomic mass is 10.0. The van der Waals surface area contributed by atoms with E-state index in [9.17, 15) is 4.39 Å². The predicted molar refractivity (Wildman–Crippen MR) is 75.5 cm³/mol. The highest BCUT2D eigenvalue weighted by Crippen LogP contribution is 2.22. The summed E-state index contributed by atoms with van der Waals surface area (Å²) in [6.45, 7) is 7.15. The minimum atomic E-state index is -1.03. The van der Waals surface area contributed by atoms with Crippen LogP contribution in [0.4, 0.5) is 4.39 Å². The van der Waals surface area contributed by atoms with E-state index in [1.165, 1.54) is 12.1 Å². The maximum atomic E-state index is 13.1. The van der Waals surface area contributed by atoms with E-state index in [-0.39, 0.29) is 5.82 Å². The second-order valence-corrected chi connectivity index (χ2v) is 11.8. The van der Waals surface area contributed by atoms with Crippen LogP contribution in [0.1, 0.15) is 5.56 Å². The Kier molecular flexibility index (Phi) is 5.19. The second-order valence-electron chi connectivity index (χ2n) is 5.62.